The molecule has 1 amide bonds. The van der Waals surface area contributed by atoms with Gasteiger partial charge in [-0.3, -0.25) is 14.5 Å². The Kier molecular flexibility index (Phi) is 7.00. The summed E-state index contributed by atoms with van der Waals surface area (Å²) in [5.41, 5.74) is 2.51. The molecule has 0 unspecified atom stereocenters. The number of hydrogen-bond donors (Lipinski definition) is 0. The number of methoxy groups -OCH3 is 1. The first-order valence-corrected chi connectivity index (χ1v) is 11.4. The van der Waals surface area contributed by atoms with Crippen molar-refractivity contribution in [3.8, 4) is 11.5 Å². The predicted molar refractivity (Wildman–Crippen MR) is 131 cm³/mol. The number of benzene rings is 3. The average Bonchev–Trinajstić information content (AvgIpc) is 3.27. The van der Waals surface area contributed by atoms with Gasteiger partial charge in [0.25, 0.3) is 5.91 Å². The Morgan fingerprint density at radius 2 is 1.73 bits per heavy atom. The molecule has 0 radical (unpaired) electrons. The van der Waals surface area contributed by atoms with Gasteiger partial charge in [0.2, 0.25) is 0 Å². The van der Waals surface area contributed by atoms with Crippen LogP contribution in [0.3, 0.4) is 0 Å². The summed E-state index contributed by atoms with van der Waals surface area (Å²) in [4.78, 5) is 31.2. The molecule has 0 aliphatic heterocycles. The minimum Gasteiger partial charge on any atom is -0.493 e. The monoisotopic (exact) mass is 460 g/mol. The van der Waals surface area contributed by atoms with Crippen LogP contribution in [0.5, 0.6) is 11.5 Å². The molecule has 168 valence electrons. The molecule has 0 saturated heterocycles. The van der Waals surface area contributed by atoms with Crippen LogP contribution in [0.15, 0.2) is 72.8 Å². The van der Waals surface area contributed by atoms with Crippen LogP contribution in [0.2, 0.25) is 0 Å². The Morgan fingerprint density at radius 3 is 2.45 bits per heavy atom. The molecule has 0 saturated carbocycles. The molecule has 6 nitrogen and oxygen atoms in total. The van der Waals surface area contributed by atoms with Gasteiger partial charge in [-0.25, -0.2) is 4.98 Å². The van der Waals surface area contributed by atoms with E-state index in [4.69, 9.17) is 9.47 Å². The fraction of sp³-hybridized carbons (Fsp3) is 0.192. The van der Waals surface area contributed by atoms with Gasteiger partial charge >= 0.3 is 0 Å². The van der Waals surface area contributed by atoms with Gasteiger partial charge in [-0.15, -0.1) is 0 Å². The average molecular weight is 461 g/mol. The topological polar surface area (TPSA) is 68.7 Å². The second-order valence-corrected chi connectivity index (χ2v) is 8.46. The summed E-state index contributed by atoms with van der Waals surface area (Å²) in [6.45, 7) is 1.79. The number of nitrogens with zero attached hydrogens (tertiary/aromatic N) is 2. The SMILES string of the molecule is COc1cc(C(C)=O)ccc1OCC(=O)N(CCc1ccccc1)c1nc2ccccc2s1. The zero-order valence-corrected chi connectivity index (χ0v) is 19.3. The molecule has 0 N–H and O–H groups in total. The summed E-state index contributed by atoms with van der Waals surface area (Å²) >= 11 is 1.48. The third kappa shape index (κ3) is 5.38. The second-order valence-electron chi connectivity index (χ2n) is 7.46. The molecule has 4 rings (SSSR count). The zero-order valence-electron chi connectivity index (χ0n) is 18.5. The van der Waals surface area contributed by atoms with Crippen molar-refractivity contribution in [2.75, 3.05) is 25.2 Å². The highest BCUT2D eigenvalue weighted by molar-refractivity contribution is 7.22. The molecule has 0 atom stereocenters. The van der Waals surface area contributed by atoms with E-state index in [1.54, 1.807) is 23.1 Å². The van der Waals surface area contributed by atoms with Crippen LogP contribution in [-0.4, -0.2) is 36.9 Å². The molecular formula is C26H24N2O4S. The quantitative estimate of drug-likeness (QED) is 0.323. The number of ketones is 1. The summed E-state index contributed by atoms with van der Waals surface area (Å²) in [7, 11) is 1.50. The van der Waals surface area contributed by atoms with Crippen LogP contribution in [0.1, 0.15) is 22.8 Å². The minimum atomic E-state index is -0.206. The van der Waals surface area contributed by atoms with Crippen molar-refractivity contribution in [2.24, 2.45) is 0 Å². The minimum absolute atomic E-state index is 0.0705. The molecule has 0 spiro atoms. The molecule has 3 aromatic carbocycles. The third-order valence-electron chi connectivity index (χ3n) is 5.20. The lowest BCUT2D eigenvalue weighted by Crippen LogP contribution is -2.36. The predicted octanol–water partition coefficient (Wildman–Crippen LogP) is 5.16. The lowest BCUT2D eigenvalue weighted by molar-refractivity contribution is -0.120. The van der Waals surface area contributed by atoms with Crippen LogP contribution in [0.4, 0.5) is 5.13 Å². The summed E-state index contributed by atoms with van der Waals surface area (Å²) < 4.78 is 12.2. The van der Waals surface area contributed by atoms with E-state index in [1.165, 1.54) is 25.4 Å². The van der Waals surface area contributed by atoms with Gasteiger partial charge < -0.3 is 9.47 Å². The smallest absolute Gasteiger partial charge is 0.266 e. The fourth-order valence-electron chi connectivity index (χ4n) is 3.41. The lowest BCUT2D eigenvalue weighted by Gasteiger charge is -2.20. The van der Waals surface area contributed by atoms with Gasteiger partial charge in [0, 0.05) is 12.1 Å². The maximum absolute atomic E-state index is 13.3. The van der Waals surface area contributed by atoms with E-state index in [0.29, 0.717) is 35.2 Å². The molecule has 4 aromatic rings. The van der Waals surface area contributed by atoms with E-state index in [2.05, 4.69) is 4.98 Å². The van der Waals surface area contributed by atoms with E-state index in [0.717, 1.165) is 15.8 Å². The molecule has 0 aliphatic carbocycles. The van der Waals surface area contributed by atoms with Crippen LogP contribution in [-0.2, 0) is 11.2 Å². The van der Waals surface area contributed by atoms with Crippen LogP contribution >= 0.6 is 11.3 Å². The molecule has 0 fully saturated rings. The Morgan fingerprint density at radius 1 is 0.970 bits per heavy atom. The number of para-hydroxylation sites is 1. The van der Waals surface area contributed by atoms with E-state index >= 15 is 0 Å². The Balaban J connectivity index is 1.54. The molecule has 33 heavy (non-hydrogen) atoms. The molecule has 1 aromatic heterocycles. The van der Waals surface area contributed by atoms with Crippen molar-refractivity contribution >= 4 is 38.4 Å². The van der Waals surface area contributed by atoms with Gasteiger partial charge in [0.15, 0.2) is 29.0 Å². The normalized spacial score (nSPS) is 10.7. The fourth-order valence-corrected chi connectivity index (χ4v) is 4.42. The molecule has 7 heteroatoms. The number of carbonyl (C=O) groups is 2. The Labute approximate surface area is 196 Å². The number of hydrogen-bond acceptors (Lipinski definition) is 6. The summed E-state index contributed by atoms with van der Waals surface area (Å²) in [5, 5.41) is 0.639. The molecule has 0 bridgehead atoms. The number of aromatic nitrogens is 1. The number of amides is 1. The first kappa shape index (κ1) is 22.5. The van der Waals surface area contributed by atoms with Gasteiger partial charge in [0.1, 0.15) is 0 Å². The van der Waals surface area contributed by atoms with Crippen LogP contribution in [0, 0.1) is 0 Å². The van der Waals surface area contributed by atoms with Crippen molar-refractivity contribution in [3.05, 3.63) is 83.9 Å². The van der Waals surface area contributed by atoms with Crippen LogP contribution < -0.4 is 14.4 Å². The largest absolute Gasteiger partial charge is 0.493 e. The number of carbonyl (C=O) groups excluding carboxylic acids is 2. The number of anilines is 1. The number of fused-ring (bicyclic) bond motifs is 1. The van der Waals surface area contributed by atoms with Gasteiger partial charge in [-0.1, -0.05) is 53.8 Å². The zero-order chi connectivity index (χ0) is 23.2. The first-order chi connectivity index (χ1) is 16.0. The number of Topliss-reactive ketones (excluding diaryl/α,β-unsaturated/α-hetero) is 1. The van der Waals surface area contributed by atoms with Crippen molar-refractivity contribution in [2.45, 2.75) is 13.3 Å². The van der Waals surface area contributed by atoms with Gasteiger partial charge in [0.05, 0.1) is 17.3 Å². The highest BCUT2D eigenvalue weighted by atomic mass is 32.1. The number of rotatable bonds is 9. The first-order valence-electron chi connectivity index (χ1n) is 10.6. The van der Waals surface area contributed by atoms with Crippen molar-refractivity contribution < 1.29 is 19.1 Å². The summed E-state index contributed by atoms with van der Waals surface area (Å²) in [6.07, 6.45) is 0.694. The standard InChI is InChI=1S/C26H24N2O4S/c1-18(29)20-12-13-22(23(16-20)31-2)32-17-25(30)28(15-14-19-8-4-3-5-9-19)26-27-21-10-6-7-11-24(21)33-26/h3-13,16H,14-15,17H2,1-2H3. The van der Waals surface area contributed by atoms with Crippen molar-refractivity contribution in [1.29, 1.82) is 0 Å². The molecule has 0 aliphatic rings. The third-order valence-corrected chi connectivity index (χ3v) is 6.26. The Bertz CT molecular complexity index is 1240. The Hall–Kier alpha value is -3.71. The van der Waals surface area contributed by atoms with E-state index < -0.39 is 0 Å². The maximum Gasteiger partial charge on any atom is 0.266 e. The lowest BCUT2D eigenvalue weighted by atomic mass is 10.1. The van der Waals surface area contributed by atoms with E-state index in [-0.39, 0.29) is 18.3 Å². The van der Waals surface area contributed by atoms with Crippen LogP contribution in [0.25, 0.3) is 10.2 Å². The highest BCUT2D eigenvalue weighted by Crippen LogP contribution is 2.30. The number of ether oxygens (including phenoxy) is 2. The molecule has 1 heterocycles. The van der Waals surface area contributed by atoms with Crippen molar-refractivity contribution in [1.82, 2.24) is 4.98 Å². The summed E-state index contributed by atoms with van der Waals surface area (Å²) in [5.74, 6) is 0.538. The van der Waals surface area contributed by atoms with Gasteiger partial charge in [-0.05, 0) is 49.2 Å². The number of thiazole rings is 1. The maximum atomic E-state index is 13.3. The highest BCUT2D eigenvalue weighted by Gasteiger charge is 2.21. The van der Waals surface area contributed by atoms with E-state index in [1.807, 2.05) is 54.6 Å². The summed E-state index contributed by atoms with van der Waals surface area (Å²) in [6, 6.07) is 22.8. The van der Waals surface area contributed by atoms with Gasteiger partial charge in [-0.2, -0.15) is 0 Å². The second kappa shape index (κ2) is 10.3. The van der Waals surface area contributed by atoms with E-state index in [9.17, 15) is 9.59 Å². The molecular weight excluding hydrogens is 436 g/mol. The van der Waals surface area contributed by atoms with Crippen molar-refractivity contribution in [3.63, 3.8) is 0 Å².